The van der Waals surface area contributed by atoms with E-state index in [1.165, 1.54) is 23.6 Å². The molecule has 0 aliphatic rings. The Morgan fingerprint density at radius 1 is 1.44 bits per heavy atom. The fourth-order valence-corrected chi connectivity index (χ4v) is 2.12. The van der Waals surface area contributed by atoms with Crippen molar-refractivity contribution in [1.82, 2.24) is 20.2 Å². The minimum atomic E-state index is -0.257. The maximum absolute atomic E-state index is 11.0. The van der Waals surface area contributed by atoms with Crippen molar-refractivity contribution >= 4 is 29.3 Å². The zero-order valence-corrected chi connectivity index (χ0v) is 11.0. The second-order valence-electron chi connectivity index (χ2n) is 3.22. The van der Waals surface area contributed by atoms with E-state index in [4.69, 9.17) is 11.6 Å². The van der Waals surface area contributed by atoms with Crippen molar-refractivity contribution in [2.75, 3.05) is 12.9 Å². The van der Waals surface area contributed by atoms with Crippen molar-refractivity contribution in [2.45, 2.75) is 4.90 Å². The Labute approximate surface area is 112 Å². The number of aromatic nitrogens is 4. The molecule has 6 nitrogen and oxygen atoms in total. The minimum Gasteiger partial charge on any atom is -0.468 e. The van der Waals surface area contributed by atoms with E-state index in [9.17, 15) is 4.79 Å². The van der Waals surface area contributed by atoms with E-state index in [0.717, 1.165) is 10.6 Å². The summed E-state index contributed by atoms with van der Waals surface area (Å²) in [4.78, 5) is 11.9. The number of halogens is 1. The molecule has 0 N–H and O–H groups in total. The van der Waals surface area contributed by atoms with Gasteiger partial charge >= 0.3 is 5.97 Å². The third-order valence-corrected chi connectivity index (χ3v) is 3.32. The second kappa shape index (κ2) is 5.83. The van der Waals surface area contributed by atoms with Gasteiger partial charge in [0.25, 0.3) is 0 Å². The lowest BCUT2D eigenvalue weighted by Crippen LogP contribution is -2.02. The fraction of sp³-hybridized carbons (Fsp3) is 0.200. The van der Waals surface area contributed by atoms with Crippen LogP contribution >= 0.6 is 23.4 Å². The number of methoxy groups -OCH3 is 1. The van der Waals surface area contributed by atoms with Gasteiger partial charge in [-0.15, -0.1) is 11.8 Å². The molecular weight excluding hydrogens is 276 g/mol. The van der Waals surface area contributed by atoms with Crippen LogP contribution in [-0.4, -0.2) is 39.0 Å². The van der Waals surface area contributed by atoms with Crippen LogP contribution in [0.15, 0.2) is 29.2 Å². The van der Waals surface area contributed by atoms with Crippen molar-refractivity contribution in [3.8, 4) is 5.69 Å². The van der Waals surface area contributed by atoms with E-state index in [1.54, 1.807) is 0 Å². The molecule has 1 aromatic heterocycles. The van der Waals surface area contributed by atoms with Gasteiger partial charge in [0.2, 0.25) is 5.28 Å². The van der Waals surface area contributed by atoms with Gasteiger partial charge in [-0.1, -0.05) is 5.10 Å². The van der Waals surface area contributed by atoms with Crippen molar-refractivity contribution in [3.63, 3.8) is 0 Å². The Balaban J connectivity index is 2.06. The van der Waals surface area contributed by atoms with E-state index in [1.807, 2.05) is 24.3 Å². The van der Waals surface area contributed by atoms with Gasteiger partial charge in [0, 0.05) is 4.90 Å². The monoisotopic (exact) mass is 284 g/mol. The van der Waals surface area contributed by atoms with Crippen LogP contribution in [0.1, 0.15) is 0 Å². The van der Waals surface area contributed by atoms with Crippen molar-refractivity contribution in [3.05, 3.63) is 29.5 Å². The summed E-state index contributed by atoms with van der Waals surface area (Å²) in [7, 11) is 1.37. The van der Waals surface area contributed by atoms with Crippen LogP contribution < -0.4 is 0 Å². The third kappa shape index (κ3) is 2.99. The van der Waals surface area contributed by atoms with Gasteiger partial charge in [-0.25, -0.2) is 0 Å². The van der Waals surface area contributed by atoms with Gasteiger partial charge < -0.3 is 4.74 Å². The predicted molar refractivity (Wildman–Crippen MR) is 66.9 cm³/mol. The molecule has 0 amide bonds. The van der Waals surface area contributed by atoms with Gasteiger partial charge in [-0.05, 0) is 46.3 Å². The van der Waals surface area contributed by atoms with E-state index in [2.05, 4.69) is 20.3 Å². The van der Waals surface area contributed by atoms with E-state index < -0.39 is 0 Å². The maximum atomic E-state index is 11.0. The molecule has 1 heterocycles. The second-order valence-corrected chi connectivity index (χ2v) is 4.61. The van der Waals surface area contributed by atoms with Crippen LogP contribution in [0.3, 0.4) is 0 Å². The molecule has 0 bridgehead atoms. The number of tetrazole rings is 1. The molecule has 8 heteroatoms. The molecule has 0 radical (unpaired) electrons. The quantitative estimate of drug-likeness (QED) is 0.627. The van der Waals surface area contributed by atoms with Crippen LogP contribution in [0, 0.1) is 0 Å². The Bertz CT molecular complexity index is 543. The number of hydrogen-bond acceptors (Lipinski definition) is 6. The molecule has 1 aromatic carbocycles. The van der Waals surface area contributed by atoms with Crippen LogP contribution in [0.4, 0.5) is 0 Å². The molecule has 0 spiro atoms. The van der Waals surface area contributed by atoms with Crippen LogP contribution in [0.2, 0.25) is 5.28 Å². The van der Waals surface area contributed by atoms with E-state index >= 15 is 0 Å². The maximum Gasteiger partial charge on any atom is 0.315 e. The van der Waals surface area contributed by atoms with Crippen molar-refractivity contribution in [1.29, 1.82) is 0 Å². The zero-order valence-electron chi connectivity index (χ0n) is 9.41. The molecule has 0 unspecified atom stereocenters. The molecule has 0 atom stereocenters. The number of rotatable bonds is 4. The first-order chi connectivity index (χ1) is 8.70. The highest BCUT2D eigenvalue weighted by molar-refractivity contribution is 8.00. The van der Waals surface area contributed by atoms with Gasteiger partial charge in [0.15, 0.2) is 0 Å². The molecule has 0 aliphatic carbocycles. The van der Waals surface area contributed by atoms with Crippen LogP contribution in [0.5, 0.6) is 0 Å². The number of ether oxygens (including phenoxy) is 1. The summed E-state index contributed by atoms with van der Waals surface area (Å²) >= 11 is 7.19. The standard InChI is InChI=1S/C10H9ClN4O2S/c1-17-9(16)6-18-8-4-2-7(3-5-8)15-10(11)12-13-14-15/h2-5H,6H2,1H3. The molecule has 2 aromatic rings. The van der Waals surface area contributed by atoms with Crippen LogP contribution in [0.25, 0.3) is 5.69 Å². The van der Waals surface area contributed by atoms with Gasteiger partial charge in [0.05, 0.1) is 18.6 Å². The average Bonchev–Trinajstić information content (AvgIpc) is 2.83. The molecule has 0 aliphatic heterocycles. The average molecular weight is 285 g/mol. The van der Waals surface area contributed by atoms with E-state index in [0.29, 0.717) is 0 Å². The van der Waals surface area contributed by atoms with Crippen LogP contribution in [-0.2, 0) is 9.53 Å². The normalized spacial score (nSPS) is 10.3. The Hall–Kier alpha value is -1.60. The first-order valence-corrected chi connectivity index (χ1v) is 6.31. The first kappa shape index (κ1) is 12.8. The molecule has 94 valence electrons. The molecular formula is C10H9ClN4O2S. The summed E-state index contributed by atoms with van der Waals surface area (Å²) in [6, 6.07) is 7.37. The summed E-state index contributed by atoms with van der Waals surface area (Å²) in [6.07, 6.45) is 0. The highest BCUT2D eigenvalue weighted by Gasteiger charge is 2.06. The lowest BCUT2D eigenvalue weighted by Gasteiger charge is -2.03. The fourth-order valence-electron chi connectivity index (χ4n) is 1.22. The minimum absolute atomic E-state index is 0.199. The topological polar surface area (TPSA) is 69.9 Å². The number of nitrogens with zero attached hydrogens (tertiary/aromatic N) is 4. The number of carbonyl (C=O) groups excluding carboxylic acids is 1. The largest absolute Gasteiger partial charge is 0.468 e. The van der Waals surface area contributed by atoms with Gasteiger partial charge in [0.1, 0.15) is 0 Å². The zero-order chi connectivity index (χ0) is 13.0. The smallest absolute Gasteiger partial charge is 0.315 e. The molecule has 18 heavy (non-hydrogen) atoms. The molecule has 0 fully saturated rings. The van der Waals surface area contributed by atoms with Crippen molar-refractivity contribution in [2.24, 2.45) is 0 Å². The highest BCUT2D eigenvalue weighted by Crippen LogP contribution is 2.20. The lowest BCUT2D eigenvalue weighted by molar-refractivity contribution is -0.137. The summed E-state index contributed by atoms with van der Waals surface area (Å²) < 4.78 is 5.98. The Kier molecular flexibility index (Phi) is 4.16. The Morgan fingerprint density at radius 2 is 2.17 bits per heavy atom. The summed E-state index contributed by atoms with van der Waals surface area (Å²) in [5, 5.41) is 11.0. The van der Waals surface area contributed by atoms with Gasteiger partial charge in [-0.3, -0.25) is 4.79 Å². The van der Waals surface area contributed by atoms with E-state index in [-0.39, 0.29) is 17.0 Å². The molecule has 0 saturated heterocycles. The molecule has 2 rings (SSSR count). The predicted octanol–water partition coefficient (Wildman–Crippen LogP) is 1.58. The van der Waals surface area contributed by atoms with Crippen molar-refractivity contribution < 1.29 is 9.53 Å². The lowest BCUT2D eigenvalue weighted by atomic mass is 10.3. The number of carbonyl (C=O) groups is 1. The molecule has 0 saturated carbocycles. The SMILES string of the molecule is COC(=O)CSc1ccc(-n2nnnc2Cl)cc1. The number of thioether (sulfide) groups is 1. The Morgan fingerprint density at radius 3 is 2.72 bits per heavy atom. The number of benzene rings is 1. The summed E-state index contributed by atoms with van der Waals surface area (Å²) in [6.45, 7) is 0. The van der Waals surface area contributed by atoms with Gasteiger partial charge in [-0.2, -0.15) is 4.68 Å². The number of esters is 1. The number of hydrogen-bond donors (Lipinski definition) is 0. The third-order valence-electron chi connectivity index (χ3n) is 2.10. The highest BCUT2D eigenvalue weighted by atomic mass is 35.5. The summed E-state index contributed by atoms with van der Waals surface area (Å²) in [5.41, 5.74) is 0.757. The first-order valence-electron chi connectivity index (χ1n) is 4.94. The summed E-state index contributed by atoms with van der Waals surface area (Å²) in [5.74, 6) is 0.0224.